The van der Waals surface area contributed by atoms with Crippen LogP contribution in [0.1, 0.15) is 24.8 Å². The fraction of sp³-hybridized carbons (Fsp3) is 0.600. The van der Waals surface area contributed by atoms with E-state index in [-0.39, 0.29) is 17.7 Å². The molecule has 2 aliphatic rings. The molecule has 136 valence electrons. The van der Waals surface area contributed by atoms with Gasteiger partial charge in [-0.2, -0.15) is 0 Å². The van der Waals surface area contributed by atoms with Crippen molar-refractivity contribution < 1.29 is 14.3 Å². The lowest BCUT2D eigenvalue weighted by Crippen LogP contribution is -2.43. The van der Waals surface area contributed by atoms with Gasteiger partial charge >= 0.3 is 0 Å². The zero-order valence-electron chi connectivity index (χ0n) is 15.0. The first-order chi connectivity index (χ1) is 12.2. The number of amides is 2. The van der Waals surface area contributed by atoms with Crippen LogP contribution in [-0.4, -0.2) is 61.5 Å². The van der Waals surface area contributed by atoms with Gasteiger partial charge < -0.3 is 14.5 Å². The average molecular weight is 344 g/mol. The number of methoxy groups -OCH3 is 1. The van der Waals surface area contributed by atoms with Crippen molar-refractivity contribution in [3.8, 4) is 0 Å². The first-order valence-corrected chi connectivity index (χ1v) is 9.27. The van der Waals surface area contributed by atoms with Crippen LogP contribution in [0.25, 0.3) is 0 Å². The smallest absolute Gasteiger partial charge is 0.227 e. The fourth-order valence-electron chi connectivity index (χ4n) is 3.92. The van der Waals surface area contributed by atoms with Crippen molar-refractivity contribution in [2.24, 2.45) is 11.8 Å². The van der Waals surface area contributed by atoms with Crippen molar-refractivity contribution in [3.05, 3.63) is 35.9 Å². The first kappa shape index (κ1) is 17.9. The zero-order valence-corrected chi connectivity index (χ0v) is 15.0. The van der Waals surface area contributed by atoms with E-state index in [0.29, 0.717) is 32.0 Å². The number of hydrogen-bond donors (Lipinski definition) is 0. The molecule has 0 saturated carbocycles. The largest absolute Gasteiger partial charge is 0.383 e. The molecule has 0 aliphatic carbocycles. The highest BCUT2D eigenvalue weighted by Crippen LogP contribution is 2.25. The summed E-state index contributed by atoms with van der Waals surface area (Å²) in [6.07, 6.45) is 3.55. The quantitative estimate of drug-likeness (QED) is 0.793. The second-order valence-electron chi connectivity index (χ2n) is 7.19. The molecule has 2 saturated heterocycles. The normalized spacial score (nSPS) is 21.8. The van der Waals surface area contributed by atoms with Gasteiger partial charge in [-0.3, -0.25) is 9.59 Å². The maximum absolute atomic E-state index is 12.7. The molecular formula is C20H28N2O3. The number of hydrogen-bond acceptors (Lipinski definition) is 3. The Morgan fingerprint density at radius 2 is 1.92 bits per heavy atom. The van der Waals surface area contributed by atoms with Crippen molar-refractivity contribution >= 4 is 11.8 Å². The van der Waals surface area contributed by atoms with E-state index in [9.17, 15) is 9.59 Å². The van der Waals surface area contributed by atoms with E-state index in [1.165, 1.54) is 5.56 Å². The molecule has 1 aromatic rings. The Labute approximate surface area is 149 Å². The molecule has 0 N–H and O–H groups in total. The van der Waals surface area contributed by atoms with Crippen LogP contribution in [0.4, 0.5) is 0 Å². The van der Waals surface area contributed by atoms with Crippen LogP contribution in [0.15, 0.2) is 30.3 Å². The van der Waals surface area contributed by atoms with E-state index in [1.54, 1.807) is 12.0 Å². The summed E-state index contributed by atoms with van der Waals surface area (Å²) in [6.45, 7) is 3.29. The maximum Gasteiger partial charge on any atom is 0.227 e. The predicted octanol–water partition coefficient (Wildman–Crippen LogP) is 1.96. The fourth-order valence-corrected chi connectivity index (χ4v) is 3.92. The third kappa shape index (κ3) is 4.60. The molecule has 25 heavy (non-hydrogen) atoms. The third-order valence-corrected chi connectivity index (χ3v) is 5.42. The molecule has 2 amide bonds. The summed E-state index contributed by atoms with van der Waals surface area (Å²) in [4.78, 5) is 28.5. The van der Waals surface area contributed by atoms with Gasteiger partial charge in [-0.15, -0.1) is 0 Å². The Balaban J connectivity index is 1.46. The van der Waals surface area contributed by atoms with Gasteiger partial charge in [-0.25, -0.2) is 0 Å². The average Bonchev–Trinajstić information content (AvgIpc) is 3.01. The lowest BCUT2D eigenvalue weighted by Gasteiger charge is -2.33. The number of nitrogens with zero attached hydrogens (tertiary/aromatic N) is 2. The Bertz CT molecular complexity index is 582. The van der Waals surface area contributed by atoms with Gasteiger partial charge in [0.25, 0.3) is 0 Å². The molecule has 0 bridgehead atoms. The van der Waals surface area contributed by atoms with E-state index in [2.05, 4.69) is 24.3 Å². The van der Waals surface area contributed by atoms with E-state index < -0.39 is 0 Å². The monoisotopic (exact) mass is 344 g/mol. The summed E-state index contributed by atoms with van der Waals surface area (Å²) in [5.41, 5.74) is 1.38. The Hall–Kier alpha value is -1.88. The highest BCUT2D eigenvalue weighted by atomic mass is 16.5. The highest BCUT2D eigenvalue weighted by molar-refractivity contribution is 5.89. The van der Waals surface area contributed by atoms with Gasteiger partial charge in [-0.1, -0.05) is 30.3 Å². The van der Waals surface area contributed by atoms with Gasteiger partial charge in [0.2, 0.25) is 11.8 Å². The molecule has 5 heteroatoms. The minimum absolute atomic E-state index is 0.0781. The lowest BCUT2D eigenvalue weighted by molar-refractivity contribution is -0.137. The molecule has 0 radical (unpaired) electrons. The van der Waals surface area contributed by atoms with Crippen molar-refractivity contribution in [3.63, 3.8) is 0 Å². The minimum atomic E-state index is -0.171. The molecular weight excluding hydrogens is 316 g/mol. The molecule has 2 aliphatic heterocycles. The molecule has 2 heterocycles. The summed E-state index contributed by atoms with van der Waals surface area (Å²) in [5, 5.41) is 0. The zero-order chi connectivity index (χ0) is 17.6. The van der Waals surface area contributed by atoms with E-state index in [0.717, 1.165) is 32.4 Å². The lowest BCUT2D eigenvalue weighted by atomic mass is 9.89. The number of rotatable bonds is 6. The van der Waals surface area contributed by atoms with Gasteiger partial charge in [-0.05, 0) is 30.7 Å². The second kappa shape index (κ2) is 8.48. The molecule has 5 nitrogen and oxygen atoms in total. The number of likely N-dealkylation sites (tertiary alicyclic amines) is 2. The minimum Gasteiger partial charge on any atom is -0.383 e. The topological polar surface area (TPSA) is 49.9 Å². The summed E-state index contributed by atoms with van der Waals surface area (Å²) in [6, 6.07) is 10.6. The number of ether oxygens (including phenoxy) is 1. The summed E-state index contributed by atoms with van der Waals surface area (Å²) in [7, 11) is 1.63. The standard InChI is InChI=1S/C20H28N2O3/c1-25-12-11-22-15-18(14-19(22)23)20(24)21-9-7-17(8-10-21)13-16-5-3-2-4-6-16/h2-6,17-18H,7-15H2,1H3. The Morgan fingerprint density at radius 1 is 1.20 bits per heavy atom. The highest BCUT2D eigenvalue weighted by Gasteiger charge is 2.37. The van der Waals surface area contributed by atoms with Crippen LogP contribution >= 0.6 is 0 Å². The van der Waals surface area contributed by atoms with E-state index in [1.807, 2.05) is 11.0 Å². The molecule has 0 aromatic heterocycles. The number of piperidine rings is 1. The van der Waals surface area contributed by atoms with Crippen LogP contribution in [-0.2, 0) is 20.7 Å². The summed E-state index contributed by atoms with van der Waals surface area (Å²) < 4.78 is 5.04. The molecule has 0 spiro atoms. The number of benzene rings is 1. The SMILES string of the molecule is COCCN1CC(C(=O)N2CCC(Cc3ccccc3)CC2)CC1=O. The third-order valence-electron chi connectivity index (χ3n) is 5.42. The van der Waals surface area contributed by atoms with Gasteiger partial charge in [0.15, 0.2) is 0 Å². The predicted molar refractivity (Wildman–Crippen MR) is 96.0 cm³/mol. The van der Waals surface area contributed by atoms with Gasteiger partial charge in [0.1, 0.15) is 0 Å². The number of carbonyl (C=O) groups excluding carboxylic acids is 2. The second-order valence-corrected chi connectivity index (χ2v) is 7.19. The molecule has 1 unspecified atom stereocenters. The first-order valence-electron chi connectivity index (χ1n) is 9.27. The van der Waals surface area contributed by atoms with Crippen LogP contribution in [0.5, 0.6) is 0 Å². The molecule has 3 rings (SSSR count). The summed E-state index contributed by atoms with van der Waals surface area (Å²) >= 11 is 0. The van der Waals surface area contributed by atoms with Crippen molar-refractivity contribution in [2.75, 3.05) is 39.9 Å². The van der Waals surface area contributed by atoms with Gasteiger partial charge in [0, 0.05) is 39.7 Å². The Kier molecular flexibility index (Phi) is 6.08. The Morgan fingerprint density at radius 3 is 2.60 bits per heavy atom. The summed E-state index contributed by atoms with van der Waals surface area (Å²) in [5.74, 6) is 0.714. The van der Waals surface area contributed by atoms with E-state index >= 15 is 0 Å². The van der Waals surface area contributed by atoms with Crippen molar-refractivity contribution in [2.45, 2.75) is 25.7 Å². The van der Waals surface area contributed by atoms with Gasteiger partial charge in [0.05, 0.1) is 12.5 Å². The molecule has 2 fully saturated rings. The van der Waals surface area contributed by atoms with Crippen molar-refractivity contribution in [1.29, 1.82) is 0 Å². The molecule has 1 atom stereocenters. The maximum atomic E-state index is 12.7. The van der Waals surface area contributed by atoms with Crippen LogP contribution in [0.2, 0.25) is 0 Å². The van der Waals surface area contributed by atoms with Crippen molar-refractivity contribution in [1.82, 2.24) is 9.80 Å². The van der Waals surface area contributed by atoms with Crippen LogP contribution < -0.4 is 0 Å². The molecule has 1 aromatic carbocycles. The van der Waals surface area contributed by atoms with Crippen LogP contribution in [0.3, 0.4) is 0 Å². The van der Waals surface area contributed by atoms with E-state index in [4.69, 9.17) is 4.74 Å². The number of carbonyl (C=O) groups is 2. The van der Waals surface area contributed by atoms with Crippen LogP contribution in [0, 0.1) is 11.8 Å².